The van der Waals surface area contributed by atoms with E-state index in [1.165, 1.54) is 6.33 Å². The van der Waals surface area contributed by atoms with Crippen LogP contribution in [0.3, 0.4) is 0 Å². The first-order valence-corrected chi connectivity index (χ1v) is 6.79. The second-order valence-electron chi connectivity index (χ2n) is 4.56. The Morgan fingerprint density at radius 3 is 1.86 bits per heavy atom. The van der Waals surface area contributed by atoms with Crippen LogP contribution in [0.15, 0.2) is 54.9 Å². The van der Waals surface area contributed by atoms with Gasteiger partial charge < -0.3 is 9.47 Å². The second kappa shape index (κ2) is 6.22. The molecule has 22 heavy (non-hydrogen) atoms. The van der Waals surface area contributed by atoms with Gasteiger partial charge in [0.15, 0.2) is 0 Å². The molecule has 0 aliphatic heterocycles. The molecule has 0 unspecified atom stereocenters. The van der Waals surface area contributed by atoms with E-state index < -0.39 is 0 Å². The normalized spacial score (nSPS) is 10.3. The van der Waals surface area contributed by atoms with E-state index in [9.17, 15) is 0 Å². The summed E-state index contributed by atoms with van der Waals surface area (Å²) in [6.07, 6.45) is 1.43. The van der Waals surface area contributed by atoms with Crippen molar-refractivity contribution in [3.05, 3.63) is 54.9 Å². The number of rotatable bonds is 4. The smallest absolute Gasteiger partial charge is 0.138 e. The van der Waals surface area contributed by atoms with E-state index in [0.717, 1.165) is 22.6 Å². The molecule has 0 aliphatic carbocycles. The quantitative estimate of drug-likeness (QED) is 0.739. The predicted octanol–water partition coefficient (Wildman–Crippen LogP) is 3.22. The zero-order chi connectivity index (χ0) is 15.4. The minimum Gasteiger partial charge on any atom is -0.496 e. The maximum Gasteiger partial charge on any atom is 0.138 e. The lowest BCUT2D eigenvalue weighted by Gasteiger charge is -2.12. The first-order chi connectivity index (χ1) is 10.8. The van der Waals surface area contributed by atoms with Crippen LogP contribution in [-0.2, 0) is 0 Å². The molecule has 0 aliphatic rings. The average Bonchev–Trinajstić information content (AvgIpc) is 2.61. The molecule has 0 fully saturated rings. The van der Waals surface area contributed by atoms with Crippen molar-refractivity contribution in [3.63, 3.8) is 0 Å². The van der Waals surface area contributed by atoms with Crippen LogP contribution >= 0.6 is 0 Å². The highest BCUT2D eigenvalue weighted by atomic mass is 16.5. The number of ether oxygens (including phenoxy) is 2. The van der Waals surface area contributed by atoms with Gasteiger partial charge >= 0.3 is 0 Å². The van der Waals surface area contributed by atoms with Crippen LogP contribution in [0.1, 0.15) is 0 Å². The second-order valence-corrected chi connectivity index (χ2v) is 4.56. The van der Waals surface area contributed by atoms with Crippen molar-refractivity contribution in [2.75, 3.05) is 14.2 Å². The highest BCUT2D eigenvalue weighted by molar-refractivity contribution is 5.83. The Hall–Kier alpha value is -2.95. The molecule has 5 heteroatoms. The zero-order valence-corrected chi connectivity index (χ0v) is 12.4. The van der Waals surface area contributed by atoms with E-state index in [1.807, 2.05) is 48.5 Å². The van der Waals surface area contributed by atoms with Crippen molar-refractivity contribution in [1.29, 1.82) is 0 Å². The Kier molecular flexibility index (Phi) is 3.96. The Labute approximate surface area is 128 Å². The number of para-hydroxylation sites is 2. The maximum atomic E-state index is 5.43. The Morgan fingerprint density at radius 1 is 0.727 bits per heavy atom. The maximum absolute atomic E-state index is 5.43. The van der Waals surface area contributed by atoms with Gasteiger partial charge in [0.1, 0.15) is 29.2 Å². The fraction of sp³-hybridized carbons (Fsp3) is 0.118. The van der Waals surface area contributed by atoms with Crippen LogP contribution in [0, 0.1) is 0 Å². The van der Waals surface area contributed by atoms with Crippen molar-refractivity contribution in [2.24, 2.45) is 0 Å². The minimum atomic E-state index is 0.657. The summed E-state index contributed by atoms with van der Waals surface area (Å²) in [5.74, 6) is 1.46. The number of benzene rings is 2. The molecule has 110 valence electrons. The molecule has 0 saturated heterocycles. The first kappa shape index (κ1) is 14.0. The van der Waals surface area contributed by atoms with Gasteiger partial charge in [-0.15, -0.1) is 10.2 Å². The topological polar surface area (TPSA) is 57.1 Å². The molecule has 3 aromatic rings. The molecule has 2 aromatic carbocycles. The van der Waals surface area contributed by atoms with Crippen molar-refractivity contribution in [3.8, 4) is 34.0 Å². The van der Waals surface area contributed by atoms with Crippen LogP contribution in [0.2, 0.25) is 0 Å². The molecule has 5 nitrogen and oxygen atoms in total. The van der Waals surface area contributed by atoms with E-state index in [4.69, 9.17) is 9.47 Å². The van der Waals surface area contributed by atoms with Gasteiger partial charge in [-0.25, -0.2) is 4.98 Å². The largest absolute Gasteiger partial charge is 0.496 e. The Balaban J connectivity index is 2.23. The number of nitrogens with zero attached hydrogens (tertiary/aromatic N) is 3. The van der Waals surface area contributed by atoms with Crippen LogP contribution < -0.4 is 9.47 Å². The third-order valence-corrected chi connectivity index (χ3v) is 3.34. The molecular weight excluding hydrogens is 278 g/mol. The number of hydrogen-bond acceptors (Lipinski definition) is 5. The average molecular weight is 293 g/mol. The van der Waals surface area contributed by atoms with E-state index in [0.29, 0.717) is 11.4 Å². The lowest BCUT2D eigenvalue weighted by molar-refractivity contribution is 0.415. The fourth-order valence-electron chi connectivity index (χ4n) is 2.33. The van der Waals surface area contributed by atoms with E-state index in [1.54, 1.807) is 14.2 Å². The molecule has 0 N–H and O–H groups in total. The van der Waals surface area contributed by atoms with Crippen LogP contribution in [0.25, 0.3) is 22.5 Å². The molecule has 0 saturated carbocycles. The molecule has 0 bridgehead atoms. The third kappa shape index (κ3) is 2.48. The van der Waals surface area contributed by atoms with Crippen molar-refractivity contribution < 1.29 is 9.47 Å². The van der Waals surface area contributed by atoms with Crippen molar-refractivity contribution >= 4 is 0 Å². The SMILES string of the molecule is COc1ccccc1-c1ncnnc1-c1ccccc1OC. The van der Waals surface area contributed by atoms with Gasteiger partial charge in [0.25, 0.3) is 0 Å². The van der Waals surface area contributed by atoms with Gasteiger partial charge in [0.05, 0.1) is 14.2 Å². The van der Waals surface area contributed by atoms with Crippen molar-refractivity contribution in [2.45, 2.75) is 0 Å². The zero-order valence-electron chi connectivity index (χ0n) is 12.4. The molecule has 0 amide bonds. The summed E-state index contributed by atoms with van der Waals surface area (Å²) in [5, 5.41) is 8.18. The van der Waals surface area contributed by atoms with Gasteiger partial charge in [-0.3, -0.25) is 0 Å². The van der Waals surface area contributed by atoms with Crippen molar-refractivity contribution in [1.82, 2.24) is 15.2 Å². The molecular formula is C17H15N3O2. The van der Waals surface area contributed by atoms with Crippen LogP contribution in [0.5, 0.6) is 11.5 Å². The summed E-state index contributed by atoms with van der Waals surface area (Å²) in [6.45, 7) is 0. The summed E-state index contributed by atoms with van der Waals surface area (Å²) in [5.41, 5.74) is 3.06. The number of aromatic nitrogens is 3. The lowest BCUT2D eigenvalue weighted by Crippen LogP contribution is -1.98. The van der Waals surface area contributed by atoms with Gasteiger partial charge in [-0.1, -0.05) is 24.3 Å². The van der Waals surface area contributed by atoms with E-state index in [2.05, 4.69) is 15.2 Å². The molecule has 1 aromatic heterocycles. The highest BCUT2D eigenvalue weighted by Gasteiger charge is 2.17. The molecule has 0 atom stereocenters. The Bertz CT molecular complexity index is 724. The van der Waals surface area contributed by atoms with Gasteiger partial charge in [0.2, 0.25) is 0 Å². The summed E-state index contributed by atoms with van der Waals surface area (Å²) in [4.78, 5) is 4.40. The molecule has 0 radical (unpaired) electrons. The van der Waals surface area contributed by atoms with Gasteiger partial charge in [-0.2, -0.15) is 0 Å². The number of methoxy groups -OCH3 is 2. The van der Waals surface area contributed by atoms with Crippen LogP contribution in [0.4, 0.5) is 0 Å². The van der Waals surface area contributed by atoms with Gasteiger partial charge in [-0.05, 0) is 24.3 Å². The predicted molar refractivity (Wildman–Crippen MR) is 83.8 cm³/mol. The van der Waals surface area contributed by atoms with E-state index >= 15 is 0 Å². The van der Waals surface area contributed by atoms with Crippen LogP contribution in [-0.4, -0.2) is 29.4 Å². The summed E-state index contributed by atoms with van der Waals surface area (Å²) < 4.78 is 10.8. The molecule has 3 rings (SSSR count). The summed E-state index contributed by atoms with van der Waals surface area (Å²) >= 11 is 0. The third-order valence-electron chi connectivity index (χ3n) is 3.34. The van der Waals surface area contributed by atoms with Gasteiger partial charge in [0, 0.05) is 11.1 Å². The number of hydrogen-bond donors (Lipinski definition) is 0. The molecule has 1 heterocycles. The lowest BCUT2D eigenvalue weighted by atomic mass is 10.0. The van der Waals surface area contributed by atoms with E-state index in [-0.39, 0.29) is 0 Å². The Morgan fingerprint density at radius 2 is 1.27 bits per heavy atom. The molecule has 0 spiro atoms. The monoisotopic (exact) mass is 293 g/mol. The highest BCUT2D eigenvalue weighted by Crippen LogP contribution is 2.37. The fourth-order valence-corrected chi connectivity index (χ4v) is 2.33. The summed E-state index contributed by atoms with van der Waals surface area (Å²) in [7, 11) is 3.27. The standard InChI is InChI=1S/C17H15N3O2/c1-21-14-9-5-3-7-12(14)16-17(20-19-11-18-16)13-8-4-6-10-15(13)22-2/h3-11H,1-2H3. The first-order valence-electron chi connectivity index (χ1n) is 6.79. The summed E-state index contributed by atoms with van der Waals surface area (Å²) in [6, 6.07) is 15.4. The minimum absolute atomic E-state index is 0.657.